The molecule has 1 aromatic heterocycles. The highest BCUT2D eigenvalue weighted by Gasteiger charge is 2.32. The molecule has 0 fully saturated rings. The maximum Gasteiger partial charge on any atom is 0.354 e. The number of hydrogen-bond acceptors (Lipinski definition) is 5. The number of nitrogens with zero attached hydrogens (tertiary/aromatic N) is 2. The van der Waals surface area contributed by atoms with Gasteiger partial charge in [-0.2, -0.15) is 0 Å². The molecule has 1 amide bonds. The summed E-state index contributed by atoms with van der Waals surface area (Å²) in [5, 5.41) is 0. The Bertz CT molecular complexity index is 917. The third-order valence-corrected chi connectivity index (χ3v) is 5.29. The van der Waals surface area contributed by atoms with Crippen LogP contribution in [0.3, 0.4) is 0 Å². The van der Waals surface area contributed by atoms with E-state index in [9.17, 15) is 14.4 Å². The Kier molecular flexibility index (Phi) is 7.80. The molecular weight excluding hydrogens is 384 g/mol. The molecule has 0 N–H and O–H groups in total. The van der Waals surface area contributed by atoms with Crippen molar-refractivity contribution in [2.24, 2.45) is 7.05 Å². The van der Waals surface area contributed by atoms with Crippen molar-refractivity contribution in [3.8, 4) is 5.75 Å². The lowest BCUT2D eigenvalue weighted by Crippen LogP contribution is -2.46. The molecule has 0 saturated carbocycles. The van der Waals surface area contributed by atoms with Crippen LogP contribution < -0.4 is 4.74 Å². The van der Waals surface area contributed by atoms with Crippen LogP contribution in [0.4, 0.5) is 0 Å². The van der Waals surface area contributed by atoms with Crippen LogP contribution in [0.2, 0.25) is 0 Å². The standard InChI is InChI=1S/C23H30N2O5/c1-7-13-25(19(26)14-30-18-11-9-8-10-12-18)17(4)22(27)20-15(2)21(23(28)29-6)24(5)16(20)3/h8-12,17H,7,13-14H2,1-6H3/t17-/m1/s1. The molecule has 1 aromatic carbocycles. The molecule has 1 heterocycles. The van der Waals surface area contributed by atoms with Crippen molar-refractivity contribution in [2.75, 3.05) is 20.3 Å². The van der Waals surface area contributed by atoms with Gasteiger partial charge in [0.05, 0.1) is 13.2 Å². The van der Waals surface area contributed by atoms with Gasteiger partial charge in [-0.1, -0.05) is 25.1 Å². The molecule has 0 radical (unpaired) electrons. The van der Waals surface area contributed by atoms with E-state index in [0.29, 0.717) is 41.2 Å². The first-order valence-corrected chi connectivity index (χ1v) is 10.00. The molecule has 30 heavy (non-hydrogen) atoms. The second-order valence-electron chi connectivity index (χ2n) is 7.21. The molecular formula is C23H30N2O5. The van der Waals surface area contributed by atoms with E-state index in [0.717, 1.165) is 0 Å². The number of para-hydroxylation sites is 1. The maximum atomic E-state index is 13.4. The van der Waals surface area contributed by atoms with E-state index < -0.39 is 12.0 Å². The minimum Gasteiger partial charge on any atom is -0.484 e. The van der Waals surface area contributed by atoms with E-state index in [-0.39, 0.29) is 18.3 Å². The van der Waals surface area contributed by atoms with Gasteiger partial charge >= 0.3 is 5.97 Å². The van der Waals surface area contributed by atoms with Crippen molar-refractivity contribution < 1.29 is 23.9 Å². The summed E-state index contributed by atoms with van der Waals surface area (Å²) in [5.74, 6) is -0.375. The molecule has 2 rings (SSSR count). The summed E-state index contributed by atoms with van der Waals surface area (Å²) in [6.07, 6.45) is 0.703. The molecule has 0 bridgehead atoms. The number of Topliss-reactive ketones (excluding diaryl/α,β-unsaturated/α-hetero) is 1. The van der Waals surface area contributed by atoms with Crippen molar-refractivity contribution in [3.05, 3.63) is 52.8 Å². The number of aromatic nitrogens is 1. The number of esters is 1. The smallest absolute Gasteiger partial charge is 0.354 e. The number of carbonyl (C=O) groups excluding carboxylic acids is 3. The van der Waals surface area contributed by atoms with Crippen molar-refractivity contribution >= 4 is 17.7 Å². The van der Waals surface area contributed by atoms with E-state index in [1.54, 1.807) is 44.5 Å². The summed E-state index contributed by atoms with van der Waals surface area (Å²) in [7, 11) is 3.03. The van der Waals surface area contributed by atoms with Crippen molar-refractivity contribution in [2.45, 2.75) is 40.2 Å². The fourth-order valence-corrected chi connectivity index (χ4v) is 3.60. The number of carbonyl (C=O) groups is 3. The first-order valence-electron chi connectivity index (χ1n) is 10.00. The van der Waals surface area contributed by atoms with E-state index in [1.165, 1.54) is 12.0 Å². The number of ether oxygens (including phenoxy) is 2. The fraction of sp³-hybridized carbons (Fsp3) is 0.435. The number of methoxy groups -OCH3 is 1. The highest BCUT2D eigenvalue weighted by atomic mass is 16.5. The lowest BCUT2D eigenvalue weighted by atomic mass is 9.99. The van der Waals surface area contributed by atoms with Gasteiger partial charge in [0.2, 0.25) is 0 Å². The highest BCUT2D eigenvalue weighted by Crippen LogP contribution is 2.24. The van der Waals surface area contributed by atoms with Gasteiger partial charge in [-0.15, -0.1) is 0 Å². The predicted octanol–water partition coefficient (Wildman–Crippen LogP) is 3.32. The van der Waals surface area contributed by atoms with Gasteiger partial charge in [0.25, 0.3) is 5.91 Å². The zero-order valence-corrected chi connectivity index (χ0v) is 18.5. The molecule has 0 aliphatic heterocycles. The minimum atomic E-state index is -0.692. The quantitative estimate of drug-likeness (QED) is 0.465. The molecule has 7 nitrogen and oxygen atoms in total. The summed E-state index contributed by atoms with van der Waals surface area (Å²) in [4.78, 5) is 39.9. The van der Waals surface area contributed by atoms with Gasteiger partial charge < -0.3 is 18.9 Å². The van der Waals surface area contributed by atoms with E-state index in [2.05, 4.69) is 0 Å². The molecule has 0 saturated heterocycles. The summed E-state index contributed by atoms with van der Waals surface area (Å²) in [5.41, 5.74) is 2.01. The zero-order valence-electron chi connectivity index (χ0n) is 18.5. The number of hydrogen-bond donors (Lipinski definition) is 0. The lowest BCUT2D eigenvalue weighted by Gasteiger charge is -2.28. The van der Waals surface area contributed by atoms with Gasteiger partial charge in [-0.25, -0.2) is 4.79 Å². The van der Waals surface area contributed by atoms with Crippen LogP contribution in [0.15, 0.2) is 30.3 Å². The SMILES string of the molecule is CCCN(C(=O)COc1ccccc1)[C@H](C)C(=O)c1c(C)c(C(=O)OC)n(C)c1C. The number of benzene rings is 1. The van der Waals surface area contributed by atoms with Crippen LogP contribution in [0.25, 0.3) is 0 Å². The van der Waals surface area contributed by atoms with Crippen LogP contribution in [0.1, 0.15) is 52.4 Å². The van der Waals surface area contributed by atoms with Crippen LogP contribution >= 0.6 is 0 Å². The normalized spacial score (nSPS) is 11.7. The number of amides is 1. The Labute approximate surface area is 177 Å². The molecule has 0 unspecified atom stereocenters. The summed E-state index contributed by atoms with van der Waals surface area (Å²) in [6, 6.07) is 8.38. The zero-order chi connectivity index (χ0) is 22.4. The molecule has 162 valence electrons. The van der Waals surface area contributed by atoms with Gasteiger partial charge in [0.15, 0.2) is 12.4 Å². The second-order valence-corrected chi connectivity index (χ2v) is 7.21. The minimum absolute atomic E-state index is 0.151. The number of ketones is 1. The monoisotopic (exact) mass is 414 g/mol. The Morgan fingerprint density at radius 2 is 1.77 bits per heavy atom. The maximum absolute atomic E-state index is 13.4. The molecule has 0 aliphatic rings. The van der Waals surface area contributed by atoms with Crippen molar-refractivity contribution in [1.29, 1.82) is 0 Å². The average Bonchev–Trinajstić information content (AvgIpc) is 2.97. The average molecular weight is 415 g/mol. The lowest BCUT2D eigenvalue weighted by molar-refractivity contribution is -0.134. The van der Waals surface area contributed by atoms with Crippen LogP contribution in [0, 0.1) is 13.8 Å². The Morgan fingerprint density at radius 3 is 2.33 bits per heavy atom. The summed E-state index contributed by atoms with van der Waals surface area (Å²) < 4.78 is 12.1. The molecule has 7 heteroatoms. The predicted molar refractivity (Wildman–Crippen MR) is 114 cm³/mol. The fourth-order valence-electron chi connectivity index (χ4n) is 3.60. The molecule has 0 aliphatic carbocycles. The number of rotatable bonds is 9. The van der Waals surface area contributed by atoms with E-state index in [4.69, 9.17) is 9.47 Å². The van der Waals surface area contributed by atoms with Crippen LogP contribution in [-0.4, -0.2) is 53.4 Å². The largest absolute Gasteiger partial charge is 0.484 e. The molecule has 0 spiro atoms. The molecule has 1 atom stereocenters. The van der Waals surface area contributed by atoms with Crippen LogP contribution in [0.5, 0.6) is 5.75 Å². The molecule has 2 aromatic rings. The Hall–Kier alpha value is -3.09. The van der Waals surface area contributed by atoms with Gasteiger partial charge in [0.1, 0.15) is 11.4 Å². The first-order chi connectivity index (χ1) is 14.2. The summed E-state index contributed by atoms with van der Waals surface area (Å²) >= 11 is 0. The van der Waals surface area contributed by atoms with Gasteiger partial charge in [-0.3, -0.25) is 9.59 Å². The van der Waals surface area contributed by atoms with E-state index in [1.807, 2.05) is 25.1 Å². The van der Waals surface area contributed by atoms with Crippen molar-refractivity contribution in [1.82, 2.24) is 9.47 Å². The van der Waals surface area contributed by atoms with E-state index >= 15 is 0 Å². The second kappa shape index (κ2) is 10.1. The van der Waals surface area contributed by atoms with Gasteiger partial charge in [0, 0.05) is 24.8 Å². The van der Waals surface area contributed by atoms with Gasteiger partial charge in [-0.05, 0) is 44.9 Å². The van der Waals surface area contributed by atoms with Crippen LogP contribution in [-0.2, 0) is 16.6 Å². The highest BCUT2D eigenvalue weighted by molar-refractivity contribution is 6.06. The summed E-state index contributed by atoms with van der Waals surface area (Å²) in [6.45, 7) is 7.44. The topological polar surface area (TPSA) is 77.8 Å². The third-order valence-electron chi connectivity index (χ3n) is 5.29. The van der Waals surface area contributed by atoms with Crippen molar-refractivity contribution in [3.63, 3.8) is 0 Å². The Balaban J connectivity index is 2.26. The first kappa shape index (κ1) is 23.2. The Morgan fingerprint density at radius 1 is 1.13 bits per heavy atom. The third kappa shape index (κ3) is 4.72.